The SMILES string of the molecule is Cc1cccc(/C=C/C=C/C(=O)/C=C/C=C/c2cccc(C)n2)n1. The predicted octanol–water partition coefficient (Wildman–Crippen LogP) is 4.50. The predicted molar refractivity (Wildman–Crippen MR) is 99.3 cm³/mol. The summed E-state index contributed by atoms with van der Waals surface area (Å²) >= 11 is 0. The van der Waals surface area contributed by atoms with Gasteiger partial charge in [-0.25, -0.2) is 0 Å². The molecule has 2 rings (SSSR count). The molecule has 0 radical (unpaired) electrons. The van der Waals surface area contributed by atoms with Crippen molar-refractivity contribution < 1.29 is 4.79 Å². The lowest BCUT2D eigenvalue weighted by Gasteiger charge is -1.93. The molecular formula is C21H20N2O. The van der Waals surface area contributed by atoms with Crippen LogP contribution in [0.25, 0.3) is 12.2 Å². The summed E-state index contributed by atoms with van der Waals surface area (Å²) in [6.07, 6.45) is 13.8. The van der Waals surface area contributed by atoms with E-state index < -0.39 is 0 Å². The topological polar surface area (TPSA) is 42.9 Å². The molecular weight excluding hydrogens is 296 g/mol. The van der Waals surface area contributed by atoms with Gasteiger partial charge in [0.2, 0.25) is 0 Å². The van der Waals surface area contributed by atoms with E-state index in [-0.39, 0.29) is 5.78 Å². The van der Waals surface area contributed by atoms with Gasteiger partial charge >= 0.3 is 0 Å². The van der Waals surface area contributed by atoms with E-state index in [9.17, 15) is 4.79 Å². The zero-order valence-corrected chi connectivity index (χ0v) is 13.9. The molecule has 0 amide bonds. The van der Waals surface area contributed by atoms with Gasteiger partial charge in [-0.3, -0.25) is 14.8 Å². The van der Waals surface area contributed by atoms with E-state index in [1.807, 2.05) is 62.4 Å². The molecule has 0 aromatic carbocycles. The zero-order chi connectivity index (χ0) is 17.2. The fourth-order valence-electron chi connectivity index (χ4n) is 1.98. The molecule has 0 aliphatic carbocycles. The van der Waals surface area contributed by atoms with Crippen LogP contribution in [-0.2, 0) is 4.79 Å². The number of aromatic nitrogens is 2. The minimum Gasteiger partial charge on any atom is -0.290 e. The Morgan fingerprint density at radius 2 is 1.21 bits per heavy atom. The number of nitrogens with zero attached hydrogens (tertiary/aromatic N) is 2. The minimum atomic E-state index is -0.0706. The first-order chi connectivity index (χ1) is 11.6. The zero-order valence-electron chi connectivity index (χ0n) is 13.9. The number of hydrogen-bond donors (Lipinski definition) is 0. The highest BCUT2D eigenvalue weighted by Gasteiger charge is 1.89. The third kappa shape index (κ3) is 6.36. The Hall–Kier alpha value is -3.07. The molecule has 0 unspecified atom stereocenters. The van der Waals surface area contributed by atoms with Gasteiger partial charge in [0.1, 0.15) is 0 Å². The Morgan fingerprint density at radius 3 is 1.62 bits per heavy atom. The minimum absolute atomic E-state index is 0.0706. The highest BCUT2D eigenvalue weighted by molar-refractivity contribution is 5.99. The lowest BCUT2D eigenvalue weighted by molar-refractivity contribution is -0.110. The summed E-state index contributed by atoms with van der Waals surface area (Å²) in [5, 5.41) is 0. The summed E-state index contributed by atoms with van der Waals surface area (Å²) in [6, 6.07) is 11.6. The van der Waals surface area contributed by atoms with Gasteiger partial charge < -0.3 is 0 Å². The van der Waals surface area contributed by atoms with E-state index in [0.29, 0.717) is 0 Å². The molecule has 120 valence electrons. The van der Waals surface area contributed by atoms with Gasteiger partial charge in [-0.2, -0.15) is 0 Å². The normalized spacial score (nSPS) is 12.1. The molecule has 0 spiro atoms. The van der Waals surface area contributed by atoms with Gasteiger partial charge in [0, 0.05) is 11.4 Å². The smallest absolute Gasteiger partial charge is 0.178 e. The number of rotatable bonds is 6. The van der Waals surface area contributed by atoms with Gasteiger partial charge in [0.15, 0.2) is 5.78 Å². The van der Waals surface area contributed by atoms with E-state index in [2.05, 4.69) is 9.97 Å². The van der Waals surface area contributed by atoms with Crippen molar-refractivity contribution in [1.29, 1.82) is 0 Å². The second-order valence-electron chi connectivity index (χ2n) is 5.25. The van der Waals surface area contributed by atoms with E-state index in [1.165, 1.54) is 12.2 Å². The van der Waals surface area contributed by atoms with Crippen LogP contribution in [0.1, 0.15) is 22.8 Å². The highest BCUT2D eigenvalue weighted by atomic mass is 16.1. The van der Waals surface area contributed by atoms with Crippen LogP contribution in [0.15, 0.2) is 72.9 Å². The summed E-state index contributed by atoms with van der Waals surface area (Å²) < 4.78 is 0. The Kier molecular flexibility index (Phi) is 6.59. The van der Waals surface area contributed by atoms with Crippen LogP contribution in [0, 0.1) is 13.8 Å². The molecule has 2 aromatic rings. The number of hydrogen-bond acceptors (Lipinski definition) is 3. The molecule has 2 aromatic heterocycles. The van der Waals surface area contributed by atoms with Crippen LogP contribution < -0.4 is 0 Å². The maximum absolute atomic E-state index is 11.7. The molecule has 0 aliphatic heterocycles. The van der Waals surface area contributed by atoms with Crippen LogP contribution in [-0.4, -0.2) is 15.8 Å². The fourth-order valence-corrected chi connectivity index (χ4v) is 1.98. The van der Waals surface area contributed by atoms with Gasteiger partial charge in [0.05, 0.1) is 11.4 Å². The summed E-state index contributed by atoms with van der Waals surface area (Å²) in [5.74, 6) is -0.0706. The second kappa shape index (κ2) is 9.16. The number of carbonyl (C=O) groups is 1. The summed E-state index contributed by atoms with van der Waals surface area (Å²) in [5.41, 5.74) is 3.68. The van der Waals surface area contributed by atoms with Crippen LogP contribution in [0.4, 0.5) is 0 Å². The van der Waals surface area contributed by atoms with Crippen LogP contribution in [0.2, 0.25) is 0 Å². The van der Waals surface area contributed by atoms with Crippen molar-refractivity contribution in [2.45, 2.75) is 13.8 Å². The van der Waals surface area contributed by atoms with Crippen molar-refractivity contribution in [2.24, 2.45) is 0 Å². The monoisotopic (exact) mass is 316 g/mol. The first-order valence-corrected chi connectivity index (χ1v) is 7.74. The first-order valence-electron chi connectivity index (χ1n) is 7.74. The summed E-state index contributed by atoms with van der Waals surface area (Å²) in [7, 11) is 0. The first kappa shape index (κ1) is 17.3. The molecule has 0 saturated heterocycles. The largest absolute Gasteiger partial charge is 0.290 e. The van der Waals surface area contributed by atoms with Crippen LogP contribution >= 0.6 is 0 Å². The Balaban J connectivity index is 1.84. The summed E-state index contributed by atoms with van der Waals surface area (Å²) in [6.45, 7) is 3.89. The van der Waals surface area contributed by atoms with Crippen molar-refractivity contribution in [3.63, 3.8) is 0 Å². The van der Waals surface area contributed by atoms with Crippen molar-refractivity contribution in [2.75, 3.05) is 0 Å². The third-order valence-corrected chi connectivity index (χ3v) is 3.10. The van der Waals surface area contributed by atoms with Crippen molar-refractivity contribution in [3.8, 4) is 0 Å². The molecule has 24 heavy (non-hydrogen) atoms. The average molecular weight is 316 g/mol. The number of allylic oxidation sites excluding steroid dienone is 6. The molecule has 0 atom stereocenters. The third-order valence-electron chi connectivity index (χ3n) is 3.10. The molecule has 3 nitrogen and oxygen atoms in total. The molecule has 3 heteroatoms. The lowest BCUT2D eigenvalue weighted by Crippen LogP contribution is -1.84. The standard InChI is InChI=1S/C21H20N2O/c1-17-9-7-13-19(22-17)11-3-5-15-21(24)16-6-4-12-20-14-8-10-18(2)23-20/h3-16H,1-2H3/b11-3+,12-4+,15-5+,16-6+. The highest BCUT2D eigenvalue weighted by Crippen LogP contribution is 2.01. The Bertz CT molecular complexity index is 747. The number of carbonyl (C=O) groups excluding carboxylic acids is 1. The van der Waals surface area contributed by atoms with E-state index in [0.717, 1.165) is 22.8 Å². The maximum Gasteiger partial charge on any atom is 0.178 e. The molecule has 0 aliphatic rings. The molecule has 0 N–H and O–H groups in total. The number of ketones is 1. The quantitative estimate of drug-likeness (QED) is 0.582. The summed E-state index contributed by atoms with van der Waals surface area (Å²) in [4.78, 5) is 20.4. The van der Waals surface area contributed by atoms with E-state index in [4.69, 9.17) is 0 Å². The second-order valence-corrected chi connectivity index (χ2v) is 5.25. The van der Waals surface area contributed by atoms with Gasteiger partial charge in [-0.05, 0) is 62.4 Å². The van der Waals surface area contributed by atoms with Crippen molar-refractivity contribution in [3.05, 3.63) is 95.6 Å². The molecule has 2 heterocycles. The fraction of sp³-hybridized carbons (Fsp3) is 0.0952. The van der Waals surface area contributed by atoms with Crippen molar-refractivity contribution in [1.82, 2.24) is 9.97 Å². The van der Waals surface area contributed by atoms with Gasteiger partial charge in [-0.1, -0.05) is 36.4 Å². The Morgan fingerprint density at radius 1 is 0.750 bits per heavy atom. The molecule has 0 fully saturated rings. The van der Waals surface area contributed by atoms with Gasteiger partial charge in [-0.15, -0.1) is 0 Å². The van der Waals surface area contributed by atoms with Gasteiger partial charge in [0.25, 0.3) is 0 Å². The van der Waals surface area contributed by atoms with Crippen LogP contribution in [0.5, 0.6) is 0 Å². The van der Waals surface area contributed by atoms with Crippen molar-refractivity contribution >= 4 is 17.9 Å². The van der Waals surface area contributed by atoms with E-state index in [1.54, 1.807) is 24.3 Å². The lowest BCUT2D eigenvalue weighted by atomic mass is 10.2. The maximum atomic E-state index is 11.7. The van der Waals surface area contributed by atoms with Crippen LogP contribution in [0.3, 0.4) is 0 Å². The Labute approximate surface area is 142 Å². The molecule has 0 saturated carbocycles. The number of aryl methyl sites for hydroxylation is 2. The molecule has 0 bridgehead atoms. The average Bonchev–Trinajstić information content (AvgIpc) is 2.56. The number of pyridine rings is 2. The van der Waals surface area contributed by atoms with E-state index >= 15 is 0 Å².